The Bertz CT molecular complexity index is 1430. The number of hydrogen-bond donors (Lipinski definition) is 4. The van der Waals surface area contributed by atoms with Crippen LogP contribution in [0.3, 0.4) is 0 Å². The van der Waals surface area contributed by atoms with E-state index in [-0.39, 0.29) is 54.2 Å². The van der Waals surface area contributed by atoms with Gasteiger partial charge in [-0.05, 0) is 80.7 Å². The summed E-state index contributed by atoms with van der Waals surface area (Å²) in [4.78, 5) is 52.5. The monoisotopic (exact) mass is 618 g/mol. The molecule has 238 valence electrons. The number of allylic oxidation sites excluding steroid dienone is 1. The molecule has 4 rings (SSSR count). The molecule has 1 aromatic carbocycles. The minimum Gasteiger partial charge on any atom is -0.480 e. The van der Waals surface area contributed by atoms with Crippen molar-refractivity contribution < 1.29 is 37.5 Å². The van der Waals surface area contributed by atoms with Crippen LogP contribution in [0.5, 0.6) is 0 Å². The summed E-state index contributed by atoms with van der Waals surface area (Å²) < 4.78 is 43.1. The predicted molar refractivity (Wildman–Crippen MR) is 155 cm³/mol. The van der Waals surface area contributed by atoms with Gasteiger partial charge in [0.05, 0.1) is 5.69 Å². The number of urea groups is 1. The summed E-state index contributed by atoms with van der Waals surface area (Å²) >= 11 is 0. The van der Waals surface area contributed by atoms with Crippen molar-refractivity contribution in [3.63, 3.8) is 0 Å². The molecule has 2 aromatic rings. The van der Waals surface area contributed by atoms with E-state index >= 15 is 4.39 Å². The molecule has 4 N–H and O–H groups in total. The van der Waals surface area contributed by atoms with Crippen molar-refractivity contribution in [2.75, 3.05) is 12.4 Å². The second kappa shape index (κ2) is 14.0. The summed E-state index contributed by atoms with van der Waals surface area (Å²) in [6.07, 6.45) is 1.97. The molecule has 2 aliphatic rings. The lowest BCUT2D eigenvalue weighted by Crippen LogP contribution is -2.49. The topological polar surface area (TPSA) is 146 Å². The number of hydrogen-bond acceptors (Lipinski definition) is 5. The minimum absolute atomic E-state index is 0.0154. The van der Waals surface area contributed by atoms with Crippen molar-refractivity contribution >= 4 is 29.5 Å². The number of aryl methyl sites for hydroxylation is 1. The number of nitrogens with one attached hydrogen (secondary N) is 3. The molecule has 3 atom stereocenters. The van der Waals surface area contributed by atoms with E-state index in [0.29, 0.717) is 6.54 Å². The van der Waals surface area contributed by atoms with Crippen molar-refractivity contribution in [2.45, 2.75) is 83.0 Å². The third-order valence-corrected chi connectivity index (χ3v) is 8.43. The number of aromatic nitrogens is 2. The minimum atomic E-state index is -1.74. The van der Waals surface area contributed by atoms with E-state index < -0.39 is 59.6 Å². The summed E-state index contributed by atoms with van der Waals surface area (Å²) in [7, 11) is 1.59. The van der Waals surface area contributed by atoms with Gasteiger partial charge in [-0.1, -0.05) is 13.0 Å². The van der Waals surface area contributed by atoms with Gasteiger partial charge >= 0.3 is 12.0 Å². The first kappa shape index (κ1) is 32.6. The largest absolute Gasteiger partial charge is 0.480 e. The molecule has 0 spiro atoms. The number of carboxylic acids is 1. The Morgan fingerprint density at radius 3 is 2.34 bits per heavy atom. The molecule has 0 radical (unpaired) electrons. The smallest absolute Gasteiger partial charge is 0.326 e. The fraction of sp³-hybridized carbons (Fsp3) is 0.500. The predicted octanol–water partition coefficient (Wildman–Crippen LogP) is 4.48. The quantitative estimate of drug-likeness (QED) is 0.292. The number of carbonyl (C=O) groups excluding carboxylic acids is 3. The molecule has 11 nitrogen and oxygen atoms in total. The summed E-state index contributed by atoms with van der Waals surface area (Å²) in [5.41, 5.74) is 0.296. The van der Waals surface area contributed by atoms with E-state index in [1.807, 2.05) is 0 Å². The fourth-order valence-electron chi connectivity index (χ4n) is 5.48. The molecule has 14 heteroatoms. The lowest BCUT2D eigenvalue weighted by molar-refractivity contribution is -0.139. The molecule has 2 aliphatic carbocycles. The highest BCUT2D eigenvalue weighted by Gasteiger charge is 2.36. The first-order valence-electron chi connectivity index (χ1n) is 14.6. The highest BCUT2D eigenvalue weighted by atomic mass is 19.3. The first-order valence-corrected chi connectivity index (χ1v) is 14.6. The molecule has 0 saturated heterocycles. The van der Waals surface area contributed by atoms with E-state index in [9.17, 15) is 33.1 Å². The summed E-state index contributed by atoms with van der Waals surface area (Å²) in [5, 5.41) is 21.5. The summed E-state index contributed by atoms with van der Waals surface area (Å²) in [6, 6.07) is 2.35. The Kier molecular flexibility index (Phi) is 10.3. The van der Waals surface area contributed by atoms with Gasteiger partial charge in [0.25, 0.3) is 12.0 Å². The molecule has 1 aromatic heterocycles. The highest BCUT2D eigenvalue weighted by molar-refractivity contribution is 6.00. The number of anilines is 1. The van der Waals surface area contributed by atoms with Crippen molar-refractivity contribution in [1.29, 1.82) is 0 Å². The zero-order valence-electron chi connectivity index (χ0n) is 24.8. The van der Waals surface area contributed by atoms with Crippen LogP contribution in [0.25, 0.3) is 0 Å². The van der Waals surface area contributed by atoms with Crippen LogP contribution >= 0.6 is 0 Å². The van der Waals surface area contributed by atoms with Gasteiger partial charge < -0.3 is 26.0 Å². The van der Waals surface area contributed by atoms with Crippen LogP contribution in [0.1, 0.15) is 74.3 Å². The normalized spacial score (nSPS) is 18.5. The molecular formula is C30H37F3N6O5. The number of halogens is 3. The molecule has 2 fully saturated rings. The SMILES string of the molecule is CCn1nccc1C(=O)N[C@H](C(=O)Nc1ccc([C@H](C)[C@@H](NC(=O)N(C)C2CC2)C(=O)O)cc1F)C1CCC(=C(F)F)CC1. The van der Waals surface area contributed by atoms with Crippen LogP contribution in [-0.2, 0) is 16.1 Å². The van der Waals surface area contributed by atoms with E-state index in [2.05, 4.69) is 21.0 Å². The first-order chi connectivity index (χ1) is 20.9. The molecule has 4 amide bonds. The van der Waals surface area contributed by atoms with Crippen molar-refractivity contribution in [3.05, 3.63) is 59.2 Å². The Balaban J connectivity index is 1.50. The van der Waals surface area contributed by atoms with E-state index in [4.69, 9.17) is 0 Å². The molecule has 44 heavy (non-hydrogen) atoms. The zero-order valence-corrected chi connectivity index (χ0v) is 24.8. The maximum atomic E-state index is 15.3. The third-order valence-electron chi connectivity index (χ3n) is 8.43. The van der Waals surface area contributed by atoms with Crippen molar-refractivity contribution in [2.24, 2.45) is 5.92 Å². The average molecular weight is 619 g/mol. The second-order valence-electron chi connectivity index (χ2n) is 11.3. The number of aliphatic carboxylic acids is 1. The van der Waals surface area contributed by atoms with Crippen LogP contribution in [0.2, 0.25) is 0 Å². The van der Waals surface area contributed by atoms with Crippen LogP contribution in [0.15, 0.2) is 42.1 Å². The standard InChI is InChI=1S/C30H37F3N6O5/c1-4-39-23(13-14-34-39)27(40)36-25(17-5-7-18(8-6-17)26(32)33)28(41)35-22-12-9-19(15-21(22)31)16(2)24(29(42)43)37-30(44)38(3)20-10-11-20/h9,12-17,20,24-25H,4-8,10-11H2,1-3H3,(H,35,41)(H,36,40)(H,37,44)(H,42,43)/t16-,24+,25-/m0/s1. The zero-order chi connectivity index (χ0) is 32.1. The van der Waals surface area contributed by atoms with Crippen LogP contribution in [0.4, 0.5) is 23.7 Å². The van der Waals surface area contributed by atoms with Gasteiger partial charge in [-0.25, -0.2) is 14.0 Å². The average Bonchev–Trinajstić information content (AvgIpc) is 3.74. The van der Waals surface area contributed by atoms with Gasteiger partial charge in [-0.15, -0.1) is 0 Å². The van der Waals surface area contributed by atoms with Gasteiger partial charge in [0.1, 0.15) is 23.6 Å². The van der Waals surface area contributed by atoms with E-state index in [1.165, 1.54) is 34.0 Å². The molecule has 0 aliphatic heterocycles. The molecule has 0 unspecified atom stereocenters. The highest BCUT2D eigenvalue weighted by Crippen LogP contribution is 2.34. The van der Waals surface area contributed by atoms with Gasteiger partial charge in [-0.2, -0.15) is 13.9 Å². The van der Waals surface area contributed by atoms with Gasteiger partial charge in [-0.3, -0.25) is 14.3 Å². The van der Waals surface area contributed by atoms with Crippen molar-refractivity contribution in [1.82, 2.24) is 25.3 Å². The number of carboxylic acid groups (broad SMARTS) is 1. The number of nitrogens with zero attached hydrogens (tertiary/aromatic N) is 3. The lowest BCUT2D eigenvalue weighted by atomic mass is 9.81. The molecule has 0 bridgehead atoms. The Morgan fingerprint density at radius 2 is 1.77 bits per heavy atom. The van der Waals surface area contributed by atoms with E-state index in [0.717, 1.165) is 18.9 Å². The molecule has 2 saturated carbocycles. The fourth-order valence-corrected chi connectivity index (χ4v) is 5.48. The van der Waals surface area contributed by atoms with Gasteiger partial charge in [0.2, 0.25) is 5.91 Å². The van der Waals surface area contributed by atoms with E-state index in [1.54, 1.807) is 20.9 Å². The van der Waals surface area contributed by atoms with Crippen molar-refractivity contribution in [3.8, 4) is 0 Å². The Labute approximate surface area is 252 Å². The number of benzene rings is 1. The Morgan fingerprint density at radius 1 is 1.09 bits per heavy atom. The Hall–Kier alpha value is -4.36. The number of amides is 4. The number of carbonyl (C=O) groups is 4. The van der Waals surface area contributed by atoms with Gasteiger partial charge in [0.15, 0.2) is 0 Å². The second-order valence-corrected chi connectivity index (χ2v) is 11.3. The third kappa shape index (κ3) is 7.58. The van der Waals surface area contributed by atoms with Crippen LogP contribution in [-0.4, -0.2) is 68.8 Å². The van der Waals surface area contributed by atoms with Gasteiger partial charge in [0, 0.05) is 31.7 Å². The summed E-state index contributed by atoms with van der Waals surface area (Å²) in [6.45, 7) is 3.74. The molecular weight excluding hydrogens is 581 g/mol. The maximum absolute atomic E-state index is 15.3. The lowest BCUT2D eigenvalue weighted by Gasteiger charge is -2.31. The van der Waals surface area contributed by atoms with Crippen LogP contribution in [0, 0.1) is 11.7 Å². The maximum Gasteiger partial charge on any atom is 0.326 e. The number of rotatable bonds is 11. The summed E-state index contributed by atoms with van der Waals surface area (Å²) in [5.74, 6) is -4.75. The van der Waals surface area contributed by atoms with Crippen LogP contribution < -0.4 is 16.0 Å². The molecule has 1 heterocycles.